The summed E-state index contributed by atoms with van der Waals surface area (Å²) in [7, 11) is 0. The number of halogens is 2. The van der Waals surface area contributed by atoms with Crippen LogP contribution < -0.4 is 5.73 Å². The van der Waals surface area contributed by atoms with Gasteiger partial charge in [-0.25, -0.2) is 4.39 Å². The number of aromatic hydroxyl groups is 1. The Bertz CT molecular complexity index is 280. The molecule has 12 heavy (non-hydrogen) atoms. The van der Waals surface area contributed by atoms with Gasteiger partial charge < -0.3 is 10.8 Å². The number of phenolic OH excluding ortho intramolecular Hbond substituents is 1. The maximum absolute atomic E-state index is 12.1. The molecule has 2 nitrogen and oxygen atoms in total. The van der Waals surface area contributed by atoms with Gasteiger partial charge in [0.05, 0.1) is 6.04 Å². The fourth-order valence-electron chi connectivity index (χ4n) is 0.905. The summed E-state index contributed by atoms with van der Waals surface area (Å²) in [6.07, 6.45) is 0. The van der Waals surface area contributed by atoms with E-state index < -0.39 is 12.7 Å². The lowest BCUT2D eigenvalue weighted by molar-refractivity contribution is 0.414. The molecule has 66 valence electrons. The Morgan fingerprint density at radius 1 is 1.58 bits per heavy atom. The van der Waals surface area contributed by atoms with Gasteiger partial charge >= 0.3 is 0 Å². The minimum Gasteiger partial charge on any atom is -0.508 e. The van der Waals surface area contributed by atoms with E-state index in [0.29, 0.717) is 10.6 Å². The highest BCUT2D eigenvalue weighted by atomic mass is 35.5. The Hall–Kier alpha value is -0.800. The second kappa shape index (κ2) is 3.74. The Morgan fingerprint density at radius 3 is 2.83 bits per heavy atom. The third kappa shape index (κ3) is 1.87. The molecule has 0 aliphatic rings. The van der Waals surface area contributed by atoms with Crippen LogP contribution in [0.1, 0.15) is 11.6 Å². The summed E-state index contributed by atoms with van der Waals surface area (Å²) in [5.41, 5.74) is 5.71. The summed E-state index contributed by atoms with van der Waals surface area (Å²) in [5, 5.41) is 9.67. The fourth-order valence-corrected chi connectivity index (χ4v) is 1.09. The molecule has 0 aliphatic carbocycles. The topological polar surface area (TPSA) is 46.2 Å². The average molecular weight is 190 g/mol. The predicted octanol–water partition coefficient (Wildman–Crippen LogP) is 2.01. The Labute approximate surface area is 74.8 Å². The molecule has 0 unspecified atom stereocenters. The van der Waals surface area contributed by atoms with Crippen LogP contribution in [0.5, 0.6) is 5.75 Å². The van der Waals surface area contributed by atoms with Crippen molar-refractivity contribution in [3.63, 3.8) is 0 Å². The number of rotatable bonds is 2. The predicted molar refractivity (Wildman–Crippen MR) is 46.0 cm³/mol. The first kappa shape index (κ1) is 9.29. The van der Waals surface area contributed by atoms with E-state index in [1.165, 1.54) is 18.2 Å². The zero-order valence-electron chi connectivity index (χ0n) is 6.30. The molecule has 0 saturated carbocycles. The first-order valence-electron chi connectivity index (χ1n) is 3.45. The van der Waals surface area contributed by atoms with Gasteiger partial charge in [-0.3, -0.25) is 0 Å². The minimum absolute atomic E-state index is 0.0236. The quantitative estimate of drug-likeness (QED) is 0.748. The molecule has 0 saturated heterocycles. The molecule has 1 rings (SSSR count). The Kier molecular flexibility index (Phi) is 2.89. The van der Waals surface area contributed by atoms with Gasteiger partial charge in [-0.05, 0) is 18.2 Å². The molecule has 0 aliphatic heterocycles. The zero-order chi connectivity index (χ0) is 9.14. The molecular formula is C8H9ClFNO. The van der Waals surface area contributed by atoms with Crippen molar-refractivity contribution in [3.05, 3.63) is 28.8 Å². The van der Waals surface area contributed by atoms with Gasteiger partial charge in [0.15, 0.2) is 0 Å². The van der Waals surface area contributed by atoms with Crippen molar-refractivity contribution in [2.75, 3.05) is 6.67 Å². The van der Waals surface area contributed by atoms with Gasteiger partial charge in [-0.1, -0.05) is 11.6 Å². The summed E-state index contributed by atoms with van der Waals surface area (Å²) in [5.74, 6) is -0.0236. The van der Waals surface area contributed by atoms with E-state index in [1.807, 2.05) is 0 Å². The van der Waals surface area contributed by atoms with E-state index in [4.69, 9.17) is 17.3 Å². The van der Waals surface area contributed by atoms with Crippen molar-refractivity contribution in [1.29, 1.82) is 0 Å². The van der Waals surface area contributed by atoms with Crippen LogP contribution in [0.4, 0.5) is 4.39 Å². The summed E-state index contributed by atoms with van der Waals surface area (Å²) in [6, 6.07) is 3.57. The molecule has 4 heteroatoms. The van der Waals surface area contributed by atoms with Crippen LogP contribution >= 0.6 is 11.6 Å². The maximum Gasteiger partial charge on any atom is 0.120 e. The number of hydrogen-bond acceptors (Lipinski definition) is 2. The van der Waals surface area contributed by atoms with Gasteiger partial charge in [-0.2, -0.15) is 0 Å². The molecule has 1 atom stereocenters. The van der Waals surface area contributed by atoms with Crippen LogP contribution in [0, 0.1) is 0 Å². The molecule has 0 aromatic heterocycles. The molecule has 0 fully saturated rings. The highest BCUT2D eigenvalue weighted by molar-refractivity contribution is 6.30. The molecule has 0 amide bonds. The average Bonchev–Trinajstić information content (AvgIpc) is 2.08. The first-order chi connectivity index (χ1) is 5.65. The highest BCUT2D eigenvalue weighted by Gasteiger charge is 2.10. The minimum atomic E-state index is -0.802. The van der Waals surface area contributed by atoms with Gasteiger partial charge in [-0.15, -0.1) is 0 Å². The van der Waals surface area contributed by atoms with Gasteiger partial charge in [0.2, 0.25) is 0 Å². The van der Waals surface area contributed by atoms with Crippen LogP contribution in [-0.4, -0.2) is 11.8 Å². The van der Waals surface area contributed by atoms with Crippen molar-refractivity contribution >= 4 is 11.6 Å². The zero-order valence-corrected chi connectivity index (χ0v) is 7.05. The van der Waals surface area contributed by atoms with E-state index in [-0.39, 0.29) is 5.75 Å². The Balaban J connectivity index is 3.04. The van der Waals surface area contributed by atoms with E-state index in [2.05, 4.69) is 0 Å². The number of phenols is 1. The van der Waals surface area contributed by atoms with Crippen LogP contribution in [0.3, 0.4) is 0 Å². The smallest absolute Gasteiger partial charge is 0.120 e. The molecule has 0 heterocycles. The highest BCUT2D eigenvalue weighted by Crippen LogP contribution is 2.26. The summed E-state index contributed by atoms with van der Waals surface area (Å²) in [4.78, 5) is 0. The lowest BCUT2D eigenvalue weighted by Crippen LogP contribution is -2.12. The first-order valence-corrected chi connectivity index (χ1v) is 3.83. The van der Waals surface area contributed by atoms with E-state index >= 15 is 0 Å². The second-order valence-electron chi connectivity index (χ2n) is 2.46. The SMILES string of the molecule is N[C@H](CF)c1cc(Cl)ccc1O. The van der Waals surface area contributed by atoms with Crippen molar-refractivity contribution in [1.82, 2.24) is 0 Å². The Morgan fingerprint density at radius 2 is 2.25 bits per heavy atom. The largest absolute Gasteiger partial charge is 0.508 e. The lowest BCUT2D eigenvalue weighted by atomic mass is 10.1. The third-order valence-corrected chi connectivity index (χ3v) is 1.79. The number of benzene rings is 1. The molecule has 1 aromatic carbocycles. The van der Waals surface area contributed by atoms with Gasteiger partial charge in [0, 0.05) is 10.6 Å². The van der Waals surface area contributed by atoms with Crippen LogP contribution in [0.2, 0.25) is 5.02 Å². The summed E-state index contributed by atoms with van der Waals surface area (Å²) >= 11 is 5.63. The van der Waals surface area contributed by atoms with Crippen LogP contribution in [0.25, 0.3) is 0 Å². The van der Waals surface area contributed by atoms with Gasteiger partial charge in [0.25, 0.3) is 0 Å². The lowest BCUT2D eigenvalue weighted by Gasteiger charge is -2.09. The molecule has 0 spiro atoms. The third-order valence-electron chi connectivity index (χ3n) is 1.56. The van der Waals surface area contributed by atoms with Crippen molar-refractivity contribution < 1.29 is 9.50 Å². The number of hydrogen-bond donors (Lipinski definition) is 2. The van der Waals surface area contributed by atoms with Crippen LogP contribution in [0.15, 0.2) is 18.2 Å². The van der Waals surface area contributed by atoms with Crippen molar-refractivity contribution in [2.24, 2.45) is 5.73 Å². The maximum atomic E-state index is 12.1. The monoisotopic (exact) mass is 189 g/mol. The number of nitrogens with two attached hydrogens (primary N) is 1. The van der Waals surface area contributed by atoms with Crippen molar-refractivity contribution in [2.45, 2.75) is 6.04 Å². The van der Waals surface area contributed by atoms with E-state index in [0.717, 1.165) is 0 Å². The molecule has 3 N–H and O–H groups in total. The van der Waals surface area contributed by atoms with E-state index in [1.54, 1.807) is 0 Å². The molecule has 0 bridgehead atoms. The summed E-state index contributed by atoms with van der Waals surface area (Å²) in [6.45, 7) is -0.714. The van der Waals surface area contributed by atoms with Gasteiger partial charge in [0.1, 0.15) is 12.4 Å². The molecular weight excluding hydrogens is 181 g/mol. The summed E-state index contributed by atoms with van der Waals surface area (Å²) < 4.78 is 12.1. The molecule has 1 aromatic rings. The fraction of sp³-hybridized carbons (Fsp3) is 0.250. The van der Waals surface area contributed by atoms with Crippen LogP contribution in [-0.2, 0) is 0 Å². The number of alkyl halides is 1. The normalized spacial score (nSPS) is 12.9. The van der Waals surface area contributed by atoms with E-state index in [9.17, 15) is 9.50 Å². The second-order valence-corrected chi connectivity index (χ2v) is 2.90. The van der Waals surface area contributed by atoms with Crippen molar-refractivity contribution in [3.8, 4) is 5.75 Å². The standard InChI is InChI=1S/C8H9ClFNO/c9-5-1-2-8(12)6(3-5)7(11)4-10/h1-3,7,12H,4,11H2/t7-/m1/s1. The molecule has 0 radical (unpaired) electrons.